The molecule has 2 aromatic rings. The van der Waals surface area contributed by atoms with Crippen LogP contribution in [0.1, 0.15) is 0 Å². The van der Waals surface area contributed by atoms with Gasteiger partial charge in [-0.05, 0) is 24.3 Å². The molecule has 20 heavy (non-hydrogen) atoms. The quantitative estimate of drug-likeness (QED) is 0.932. The van der Waals surface area contributed by atoms with E-state index in [0.717, 1.165) is 35.6 Å². The van der Waals surface area contributed by atoms with E-state index >= 15 is 0 Å². The van der Waals surface area contributed by atoms with Crippen LogP contribution in [0.4, 0.5) is 18.3 Å². The molecule has 11 heteroatoms. The second-order valence-corrected chi connectivity index (χ2v) is 5.88. The van der Waals surface area contributed by atoms with Crippen molar-refractivity contribution in [2.75, 3.05) is 4.72 Å². The molecule has 1 aromatic carbocycles. The fourth-order valence-electron chi connectivity index (χ4n) is 1.21. The maximum atomic E-state index is 12.0. The Morgan fingerprint density at radius 2 is 1.85 bits per heavy atom. The minimum absolute atomic E-state index is 0.0561. The number of sulfonamides is 1. The maximum absolute atomic E-state index is 12.0. The minimum atomic E-state index is -4.83. The van der Waals surface area contributed by atoms with E-state index in [1.165, 1.54) is 5.51 Å². The summed E-state index contributed by atoms with van der Waals surface area (Å²) in [5.74, 6) is -0.507. The van der Waals surface area contributed by atoms with Crippen LogP contribution >= 0.6 is 11.3 Å². The second kappa shape index (κ2) is 5.25. The van der Waals surface area contributed by atoms with Gasteiger partial charge in [0.1, 0.15) is 11.3 Å². The SMILES string of the molecule is O=S(=O)(Nc1nncs1)c1ccc(OC(F)(F)F)cc1. The van der Waals surface area contributed by atoms with Gasteiger partial charge in [0.15, 0.2) is 0 Å². The summed E-state index contributed by atoms with van der Waals surface area (Å²) in [4.78, 5) is -0.220. The van der Waals surface area contributed by atoms with Gasteiger partial charge in [-0.1, -0.05) is 11.3 Å². The molecule has 0 spiro atoms. The zero-order valence-electron chi connectivity index (χ0n) is 9.46. The van der Waals surface area contributed by atoms with Gasteiger partial charge < -0.3 is 4.74 Å². The van der Waals surface area contributed by atoms with Gasteiger partial charge in [-0.25, -0.2) is 8.42 Å². The first-order chi connectivity index (χ1) is 9.26. The molecule has 0 bridgehead atoms. The summed E-state index contributed by atoms with van der Waals surface area (Å²) >= 11 is 0.970. The molecule has 0 amide bonds. The second-order valence-electron chi connectivity index (χ2n) is 3.37. The van der Waals surface area contributed by atoms with Crippen LogP contribution in [0.25, 0.3) is 0 Å². The number of halogens is 3. The van der Waals surface area contributed by atoms with Gasteiger partial charge in [0.05, 0.1) is 4.90 Å². The Labute approximate surface area is 115 Å². The third-order valence-electron chi connectivity index (χ3n) is 1.95. The van der Waals surface area contributed by atoms with Crippen molar-refractivity contribution in [1.29, 1.82) is 0 Å². The highest BCUT2D eigenvalue weighted by molar-refractivity contribution is 7.93. The number of rotatable bonds is 4. The van der Waals surface area contributed by atoms with Crippen molar-refractivity contribution in [2.24, 2.45) is 0 Å². The molecule has 0 fully saturated rings. The van der Waals surface area contributed by atoms with E-state index in [9.17, 15) is 21.6 Å². The fourth-order valence-corrected chi connectivity index (χ4v) is 2.90. The molecule has 0 atom stereocenters. The van der Waals surface area contributed by atoms with Crippen LogP contribution in [0, 0.1) is 0 Å². The molecule has 6 nitrogen and oxygen atoms in total. The molecule has 0 radical (unpaired) electrons. The molecule has 0 saturated carbocycles. The Morgan fingerprint density at radius 3 is 2.35 bits per heavy atom. The van der Waals surface area contributed by atoms with Crippen molar-refractivity contribution >= 4 is 26.5 Å². The summed E-state index contributed by atoms with van der Waals surface area (Å²) in [5, 5.41) is 7.00. The van der Waals surface area contributed by atoms with Gasteiger partial charge in [-0.15, -0.1) is 23.4 Å². The number of hydrogen-bond donors (Lipinski definition) is 1. The number of hydrogen-bond acceptors (Lipinski definition) is 6. The molecule has 1 aromatic heterocycles. The predicted octanol–water partition coefficient (Wildman–Crippen LogP) is 2.24. The van der Waals surface area contributed by atoms with Crippen LogP contribution in [-0.4, -0.2) is 25.0 Å². The summed E-state index contributed by atoms with van der Waals surface area (Å²) in [6, 6.07) is 3.79. The summed E-state index contributed by atoms with van der Waals surface area (Å²) in [6.45, 7) is 0. The molecule has 0 aliphatic heterocycles. The molecule has 1 N–H and O–H groups in total. The topological polar surface area (TPSA) is 81.2 Å². The summed E-state index contributed by atoms with van der Waals surface area (Å²) in [6.07, 6.45) is -4.83. The van der Waals surface area contributed by atoms with Crippen LogP contribution in [0.3, 0.4) is 0 Å². The van der Waals surface area contributed by atoms with Crippen LogP contribution in [-0.2, 0) is 10.0 Å². The van der Waals surface area contributed by atoms with Gasteiger partial charge in [0, 0.05) is 0 Å². The van der Waals surface area contributed by atoms with Gasteiger partial charge in [0.2, 0.25) is 5.13 Å². The minimum Gasteiger partial charge on any atom is -0.406 e. The Morgan fingerprint density at radius 1 is 1.20 bits per heavy atom. The molecule has 0 aliphatic rings. The first-order valence-electron chi connectivity index (χ1n) is 4.91. The normalized spacial score (nSPS) is 12.2. The van der Waals surface area contributed by atoms with Gasteiger partial charge in [-0.2, -0.15) is 0 Å². The third-order valence-corrected chi connectivity index (χ3v) is 4.04. The Kier molecular flexibility index (Phi) is 3.81. The first kappa shape index (κ1) is 14.5. The number of alkyl halides is 3. The zero-order chi connectivity index (χ0) is 14.8. The predicted molar refractivity (Wildman–Crippen MR) is 63.8 cm³/mol. The lowest BCUT2D eigenvalue weighted by Crippen LogP contribution is -2.17. The number of nitrogens with zero attached hydrogens (tertiary/aromatic N) is 2. The van der Waals surface area contributed by atoms with Crippen molar-refractivity contribution < 1.29 is 26.3 Å². The van der Waals surface area contributed by atoms with Crippen LogP contribution < -0.4 is 9.46 Å². The van der Waals surface area contributed by atoms with Crippen molar-refractivity contribution in [3.05, 3.63) is 29.8 Å². The molecule has 0 unspecified atom stereocenters. The van der Waals surface area contributed by atoms with Crippen LogP contribution in [0.5, 0.6) is 5.75 Å². The molecular formula is C9H6F3N3O3S2. The van der Waals surface area contributed by atoms with Crippen molar-refractivity contribution in [1.82, 2.24) is 10.2 Å². The molecular weight excluding hydrogens is 319 g/mol. The highest BCUT2D eigenvalue weighted by atomic mass is 32.2. The zero-order valence-corrected chi connectivity index (χ0v) is 11.1. The average Bonchev–Trinajstić information content (AvgIpc) is 2.79. The fraction of sp³-hybridized carbons (Fsp3) is 0.111. The standard InChI is InChI=1S/C9H6F3N3O3S2/c10-9(11,12)18-6-1-3-7(4-2-6)20(16,17)15-8-14-13-5-19-8/h1-5H,(H,14,15). The Bertz CT molecular complexity index is 669. The summed E-state index contributed by atoms with van der Waals surface area (Å²) in [7, 11) is -3.92. The monoisotopic (exact) mass is 325 g/mol. The molecule has 0 saturated heterocycles. The molecule has 2 rings (SSSR count). The highest BCUT2D eigenvalue weighted by Gasteiger charge is 2.31. The van der Waals surface area contributed by atoms with Crippen molar-refractivity contribution in [2.45, 2.75) is 11.3 Å². The van der Waals surface area contributed by atoms with Crippen LogP contribution in [0.2, 0.25) is 0 Å². The average molecular weight is 325 g/mol. The third kappa shape index (κ3) is 3.81. The number of nitrogens with one attached hydrogen (secondary N) is 1. The number of benzene rings is 1. The molecule has 108 valence electrons. The smallest absolute Gasteiger partial charge is 0.406 e. The van der Waals surface area contributed by atoms with Gasteiger partial charge in [0.25, 0.3) is 10.0 Å². The van der Waals surface area contributed by atoms with E-state index in [1.807, 2.05) is 0 Å². The summed E-state index contributed by atoms with van der Waals surface area (Å²) in [5.41, 5.74) is 1.33. The first-order valence-corrected chi connectivity index (χ1v) is 7.27. The number of ether oxygens (including phenoxy) is 1. The van der Waals surface area contributed by atoms with Gasteiger partial charge in [-0.3, -0.25) is 4.72 Å². The molecule has 0 aliphatic carbocycles. The molecule has 1 heterocycles. The van der Waals surface area contributed by atoms with E-state index < -0.39 is 22.1 Å². The van der Waals surface area contributed by atoms with E-state index in [1.54, 1.807) is 0 Å². The van der Waals surface area contributed by atoms with E-state index in [0.29, 0.717) is 0 Å². The largest absolute Gasteiger partial charge is 0.573 e. The lowest BCUT2D eigenvalue weighted by Gasteiger charge is -2.09. The van der Waals surface area contributed by atoms with E-state index in [4.69, 9.17) is 0 Å². The lowest BCUT2D eigenvalue weighted by atomic mass is 10.3. The van der Waals surface area contributed by atoms with Crippen molar-refractivity contribution in [3.8, 4) is 5.75 Å². The number of aromatic nitrogens is 2. The number of anilines is 1. The van der Waals surface area contributed by atoms with Crippen molar-refractivity contribution in [3.63, 3.8) is 0 Å². The van der Waals surface area contributed by atoms with E-state index in [-0.39, 0.29) is 10.0 Å². The Balaban J connectivity index is 2.17. The lowest BCUT2D eigenvalue weighted by molar-refractivity contribution is -0.274. The van der Waals surface area contributed by atoms with Crippen LogP contribution in [0.15, 0.2) is 34.7 Å². The highest BCUT2D eigenvalue weighted by Crippen LogP contribution is 2.24. The van der Waals surface area contributed by atoms with E-state index in [2.05, 4.69) is 19.7 Å². The Hall–Kier alpha value is -1.88. The van der Waals surface area contributed by atoms with Gasteiger partial charge >= 0.3 is 6.36 Å². The maximum Gasteiger partial charge on any atom is 0.573 e. The summed E-state index contributed by atoms with van der Waals surface area (Å²) < 4.78 is 65.4.